The monoisotopic (exact) mass is 534 g/mol. The Hall–Kier alpha value is -2.49. The maximum absolute atomic E-state index is 5.35. The van der Waals surface area contributed by atoms with E-state index in [0.29, 0.717) is 0 Å². The molecule has 166 valence electrons. The summed E-state index contributed by atoms with van der Waals surface area (Å²) in [4.78, 5) is 17.3. The van der Waals surface area contributed by atoms with E-state index >= 15 is 0 Å². The number of ether oxygens (including phenoxy) is 1. The van der Waals surface area contributed by atoms with E-state index in [1.54, 1.807) is 7.11 Å². The zero-order valence-corrected chi connectivity index (χ0v) is 20.5. The van der Waals surface area contributed by atoms with Gasteiger partial charge in [-0.1, -0.05) is 18.2 Å². The van der Waals surface area contributed by atoms with Gasteiger partial charge >= 0.3 is 0 Å². The van der Waals surface area contributed by atoms with E-state index in [4.69, 9.17) is 4.74 Å². The molecule has 1 saturated heterocycles. The van der Waals surface area contributed by atoms with Crippen molar-refractivity contribution < 1.29 is 4.74 Å². The number of fused-ring (bicyclic) bond motifs is 1. The van der Waals surface area contributed by atoms with Crippen LogP contribution in [0.15, 0.2) is 53.5 Å². The number of aryl methyl sites for hydroxylation is 1. The Morgan fingerprint density at radius 1 is 1.13 bits per heavy atom. The van der Waals surface area contributed by atoms with E-state index in [0.717, 1.165) is 74.1 Å². The van der Waals surface area contributed by atoms with E-state index < -0.39 is 0 Å². The molecule has 0 atom stereocenters. The van der Waals surface area contributed by atoms with Gasteiger partial charge in [-0.3, -0.25) is 4.99 Å². The number of aliphatic imine (C=N–C) groups is 1. The number of nitrogens with zero attached hydrogens (tertiary/aromatic N) is 4. The number of hydrogen-bond acceptors (Lipinski definition) is 4. The Bertz CT molecular complexity index is 963. The largest absolute Gasteiger partial charge is 0.497 e. The van der Waals surface area contributed by atoms with Crippen LogP contribution in [0.2, 0.25) is 0 Å². The van der Waals surface area contributed by atoms with Gasteiger partial charge in [0.15, 0.2) is 5.96 Å². The molecular formula is C23H31IN6O. The number of halogens is 1. The van der Waals surface area contributed by atoms with Crippen LogP contribution in [0.25, 0.3) is 11.0 Å². The number of nitrogens with one attached hydrogen (secondary N) is 2. The summed E-state index contributed by atoms with van der Waals surface area (Å²) in [7, 11) is 3.57. The summed E-state index contributed by atoms with van der Waals surface area (Å²) < 4.78 is 5.35. The van der Waals surface area contributed by atoms with E-state index in [-0.39, 0.29) is 24.0 Å². The van der Waals surface area contributed by atoms with Gasteiger partial charge in [-0.05, 0) is 30.7 Å². The SMILES string of the molecule is CN=C(NCCCc1nc2ccccc2[nH]1)N1CCN(c2cccc(OC)c2)CC1.I. The van der Waals surface area contributed by atoms with Crippen LogP contribution >= 0.6 is 24.0 Å². The van der Waals surface area contributed by atoms with Crippen molar-refractivity contribution in [3.05, 3.63) is 54.4 Å². The van der Waals surface area contributed by atoms with Gasteiger partial charge in [-0.2, -0.15) is 0 Å². The number of methoxy groups -OCH3 is 1. The summed E-state index contributed by atoms with van der Waals surface area (Å²) in [6.45, 7) is 4.69. The van der Waals surface area contributed by atoms with Crippen LogP contribution in [0.4, 0.5) is 5.69 Å². The van der Waals surface area contributed by atoms with E-state index in [9.17, 15) is 0 Å². The average molecular weight is 534 g/mol. The van der Waals surface area contributed by atoms with Crippen molar-refractivity contribution in [3.8, 4) is 5.75 Å². The molecular weight excluding hydrogens is 503 g/mol. The van der Waals surface area contributed by atoms with Gasteiger partial charge in [0.1, 0.15) is 11.6 Å². The highest BCUT2D eigenvalue weighted by molar-refractivity contribution is 14.0. The lowest BCUT2D eigenvalue weighted by Crippen LogP contribution is -2.52. The number of piperazine rings is 1. The predicted octanol–water partition coefficient (Wildman–Crippen LogP) is 3.52. The first kappa shape index (κ1) is 23.2. The average Bonchev–Trinajstić information content (AvgIpc) is 3.22. The Morgan fingerprint density at radius 3 is 2.68 bits per heavy atom. The summed E-state index contributed by atoms with van der Waals surface area (Å²) in [6, 6.07) is 16.4. The van der Waals surface area contributed by atoms with E-state index in [2.05, 4.69) is 48.3 Å². The molecule has 0 amide bonds. The van der Waals surface area contributed by atoms with Crippen LogP contribution in [-0.4, -0.2) is 67.7 Å². The highest BCUT2D eigenvalue weighted by Crippen LogP contribution is 2.22. The van der Waals surface area contributed by atoms with Crippen LogP contribution in [0.3, 0.4) is 0 Å². The summed E-state index contributed by atoms with van der Waals surface area (Å²) in [5.41, 5.74) is 3.35. The van der Waals surface area contributed by atoms with Crippen LogP contribution in [0.1, 0.15) is 12.2 Å². The maximum Gasteiger partial charge on any atom is 0.193 e. The Balaban J connectivity index is 0.00000272. The molecule has 1 aliphatic rings. The van der Waals surface area contributed by atoms with Crippen molar-refractivity contribution in [3.63, 3.8) is 0 Å². The molecule has 0 bridgehead atoms. The summed E-state index contributed by atoms with van der Waals surface area (Å²) in [5, 5.41) is 3.51. The van der Waals surface area contributed by atoms with Crippen LogP contribution < -0.4 is 15.0 Å². The number of guanidine groups is 1. The highest BCUT2D eigenvalue weighted by Gasteiger charge is 2.20. The minimum Gasteiger partial charge on any atom is -0.497 e. The van der Waals surface area contributed by atoms with Gasteiger partial charge in [0.2, 0.25) is 0 Å². The highest BCUT2D eigenvalue weighted by atomic mass is 127. The molecule has 8 heteroatoms. The molecule has 1 fully saturated rings. The van der Waals surface area contributed by atoms with E-state index in [1.807, 2.05) is 37.4 Å². The second-order valence-corrected chi connectivity index (χ2v) is 7.45. The molecule has 2 N–H and O–H groups in total. The molecule has 1 aromatic heterocycles. The van der Waals surface area contributed by atoms with Crippen molar-refractivity contribution in [2.24, 2.45) is 4.99 Å². The number of H-pyrrole nitrogens is 1. The van der Waals surface area contributed by atoms with Crippen LogP contribution in [0.5, 0.6) is 5.75 Å². The smallest absolute Gasteiger partial charge is 0.193 e. The molecule has 0 spiro atoms. The number of imidazole rings is 1. The molecule has 2 heterocycles. The van der Waals surface area contributed by atoms with E-state index in [1.165, 1.54) is 5.69 Å². The molecule has 3 aromatic rings. The van der Waals surface area contributed by atoms with Crippen molar-refractivity contribution in [2.45, 2.75) is 12.8 Å². The van der Waals surface area contributed by atoms with Gasteiger partial charge in [0.05, 0.1) is 18.1 Å². The molecule has 1 aliphatic heterocycles. The lowest BCUT2D eigenvalue weighted by Gasteiger charge is -2.37. The van der Waals surface area contributed by atoms with Gasteiger partial charge in [-0.25, -0.2) is 4.98 Å². The molecule has 7 nitrogen and oxygen atoms in total. The molecule has 0 saturated carbocycles. The Morgan fingerprint density at radius 2 is 1.94 bits per heavy atom. The standard InChI is InChI=1S/C23H30N6O.HI/c1-24-23(25-12-6-11-22-26-20-9-3-4-10-21(20)27-22)29-15-13-28(14-16-29)18-7-5-8-19(17-18)30-2;/h3-5,7-10,17H,6,11-16H2,1-2H3,(H,24,25)(H,26,27);1H. The minimum absolute atomic E-state index is 0. The number of anilines is 1. The fourth-order valence-corrected chi connectivity index (χ4v) is 3.90. The van der Waals surface area contributed by atoms with Crippen molar-refractivity contribution in [2.75, 3.05) is 51.8 Å². The van der Waals surface area contributed by atoms with Crippen LogP contribution in [0, 0.1) is 0 Å². The Kier molecular flexibility index (Phi) is 8.39. The molecule has 0 aliphatic carbocycles. The first-order valence-corrected chi connectivity index (χ1v) is 10.5. The lowest BCUT2D eigenvalue weighted by atomic mass is 10.2. The second-order valence-electron chi connectivity index (χ2n) is 7.45. The normalized spacial score (nSPS) is 14.5. The molecule has 0 radical (unpaired) electrons. The van der Waals surface area contributed by atoms with Crippen molar-refractivity contribution in [1.82, 2.24) is 20.2 Å². The first-order chi connectivity index (χ1) is 14.8. The number of benzene rings is 2. The fourth-order valence-electron chi connectivity index (χ4n) is 3.90. The van der Waals surface area contributed by atoms with Gasteiger partial charge in [0, 0.05) is 57.9 Å². The second kappa shape index (κ2) is 11.2. The number of para-hydroxylation sites is 2. The zero-order valence-electron chi connectivity index (χ0n) is 18.2. The number of rotatable bonds is 6. The predicted molar refractivity (Wildman–Crippen MR) is 138 cm³/mol. The zero-order chi connectivity index (χ0) is 20.8. The van der Waals surface area contributed by atoms with Gasteiger partial charge in [0.25, 0.3) is 0 Å². The maximum atomic E-state index is 5.35. The molecule has 2 aromatic carbocycles. The van der Waals surface area contributed by atoms with Crippen LogP contribution in [-0.2, 0) is 6.42 Å². The topological polar surface area (TPSA) is 68.8 Å². The number of hydrogen-bond donors (Lipinski definition) is 2. The Labute approximate surface area is 200 Å². The van der Waals surface area contributed by atoms with Crippen molar-refractivity contribution >= 4 is 46.7 Å². The number of aromatic nitrogens is 2. The lowest BCUT2D eigenvalue weighted by molar-refractivity contribution is 0.372. The quantitative estimate of drug-likeness (QED) is 0.219. The minimum atomic E-state index is 0. The summed E-state index contributed by atoms with van der Waals surface area (Å²) >= 11 is 0. The third-order valence-corrected chi connectivity index (χ3v) is 5.52. The molecule has 4 rings (SSSR count). The third-order valence-electron chi connectivity index (χ3n) is 5.52. The first-order valence-electron chi connectivity index (χ1n) is 10.5. The summed E-state index contributed by atoms with van der Waals surface area (Å²) in [5.74, 6) is 2.92. The van der Waals surface area contributed by atoms with Gasteiger partial charge < -0.3 is 24.8 Å². The molecule has 0 unspecified atom stereocenters. The summed E-state index contributed by atoms with van der Waals surface area (Å²) in [6.07, 6.45) is 1.92. The van der Waals surface area contributed by atoms with Gasteiger partial charge in [-0.15, -0.1) is 24.0 Å². The fraction of sp³-hybridized carbons (Fsp3) is 0.391. The molecule has 31 heavy (non-hydrogen) atoms. The third kappa shape index (κ3) is 5.81. The number of aromatic amines is 1. The van der Waals surface area contributed by atoms with Crippen molar-refractivity contribution in [1.29, 1.82) is 0 Å².